The molecule has 8 heteroatoms. The van der Waals surface area contributed by atoms with E-state index in [4.69, 9.17) is 14.2 Å². The number of ether oxygens (including phenoxy) is 3. The molecule has 3 aromatic rings. The number of hydrogen-bond donors (Lipinski definition) is 1. The van der Waals surface area contributed by atoms with Gasteiger partial charge in [-0.25, -0.2) is 4.79 Å². The van der Waals surface area contributed by atoms with E-state index in [1.165, 1.54) is 25.2 Å². The highest BCUT2D eigenvalue weighted by atomic mass is 16.5. The molecule has 1 aliphatic heterocycles. The molecular formula is C30H29NO7. The van der Waals surface area contributed by atoms with E-state index in [9.17, 15) is 19.5 Å². The van der Waals surface area contributed by atoms with Gasteiger partial charge in [0.1, 0.15) is 17.3 Å². The minimum atomic E-state index is -0.983. The van der Waals surface area contributed by atoms with Crippen molar-refractivity contribution in [3.63, 3.8) is 0 Å². The van der Waals surface area contributed by atoms with Crippen LogP contribution in [0.1, 0.15) is 45.6 Å². The van der Waals surface area contributed by atoms with Crippen molar-refractivity contribution in [1.29, 1.82) is 0 Å². The van der Waals surface area contributed by atoms with Gasteiger partial charge in [0, 0.05) is 5.69 Å². The number of Topliss-reactive ketones (excluding diaryl/α,β-unsaturated/α-hetero) is 1. The summed E-state index contributed by atoms with van der Waals surface area (Å²) in [4.78, 5) is 40.7. The first-order valence-corrected chi connectivity index (χ1v) is 12.1. The maximum absolute atomic E-state index is 13.5. The molecule has 196 valence electrons. The van der Waals surface area contributed by atoms with Crippen LogP contribution >= 0.6 is 0 Å². The average Bonchev–Trinajstić information content (AvgIpc) is 3.18. The number of esters is 1. The van der Waals surface area contributed by atoms with E-state index in [1.54, 1.807) is 55.5 Å². The van der Waals surface area contributed by atoms with E-state index in [0.717, 1.165) is 11.1 Å². The van der Waals surface area contributed by atoms with E-state index in [2.05, 4.69) is 0 Å². The van der Waals surface area contributed by atoms with Crippen LogP contribution in [-0.2, 0) is 14.3 Å². The second kappa shape index (κ2) is 10.8. The summed E-state index contributed by atoms with van der Waals surface area (Å²) in [6, 6.07) is 15.8. The summed E-state index contributed by atoms with van der Waals surface area (Å²) in [6.45, 7) is 5.59. The molecule has 1 N–H and O–H groups in total. The summed E-state index contributed by atoms with van der Waals surface area (Å²) < 4.78 is 15.9. The van der Waals surface area contributed by atoms with Crippen LogP contribution in [0.15, 0.2) is 66.2 Å². The Labute approximate surface area is 221 Å². The fourth-order valence-corrected chi connectivity index (χ4v) is 4.74. The fraction of sp³-hybridized carbons (Fsp3) is 0.233. The molecule has 1 amide bonds. The largest absolute Gasteiger partial charge is 0.507 e. The molecule has 0 bridgehead atoms. The molecule has 38 heavy (non-hydrogen) atoms. The van der Waals surface area contributed by atoms with Crippen molar-refractivity contribution < 1.29 is 33.7 Å². The molecular weight excluding hydrogens is 486 g/mol. The molecule has 1 fully saturated rings. The van der Waals surface area contributed by atoms with Crippen LogP contribution in [0.3, 0.4) is 0 Å². The summed E-state index contributed by atoms with van der Waals surface area (Å²) in [5.74, 6) is -1.60. The van der Waals surface area contributed by atoms with Gasteiger partial charge in [0.05, 0.1) is 43.6 Å². The fourth-order valence-electron chi connectivity index (χ4n) is 4.74. The zero-order valence-corrected chi connectivity index (χ0v) is 21.9. The van der Waals surface area contributed by atoms with Gasteiger partial charge >= 0.3 is 5.97 Å². The van der Waals surface area contributed by atoms with Crippen molar-refractivity contribution in [3.05, 3.63) is 94.1 Å². The number of methoxy groups -OCH3 is 2. The van der Waals surface area contributed by atoms with Crippen molar-refractivity contribution in [2.24, 2.45) is 0 Å². The van der Waals surface area contributed by atoms with Gasteiger partial charge in [0.2, 0.25) is 0 Å². The Balaban J connectivity index is 1.97. The van der Waals surface area contributed by atoms with Crippen LogP contribution < -0.4 is 14.4 Å². The van der Waals surface area contributed by atoms with Crippen molar-refractivity contribution in [1.82, 2.24) is 0 Å². The van der Waals surface area contributed by atoms with Crippen molar-refractivity contribution in [2.75, 3.05) is 25.7 Å². The maximum atomic E-state index is 13.5. The lowest BCUT2D eigenvalue weighted by Gasteiger charge is -2.26. The smallest absolute Gasteiger partial charge is 0.338 e. The Morgan fingerprint density at radius 1 is 0.974 bits per heavy atom. The summed E-state index contributed by atoms with van der Waals surface area (Å²) in [5.41, 5.74) is 2.94. The number of rotatable bonds is 7. The van der Waals surface area contributed by atoms with Crippen LogP contribution in [0.4, 0.5) is 5.69 Å². The predicted molar refractivity (Wildman–Crippen MR) is 143 cm³/mol. The Kier molecular flexibility index (Phi) is 7.52. The Morgan fingerprint density at radius 2 is 1.68 bits per heavy atom. The van der Waals surface area contributed by atoms with Gasteiger partial charge in [-0.05, 0) is 73.9 Å². The maximum Gasteiger partial charge on any atom is 0.338 e. The number of benzene rings is 3. The van der Waals surface area contributed by atoms with Gasteiger partial charge in [0.25, 0.3) is 11.7 Å². The van der Waals surface area contributed by atoms with Crippen molar-refractivity contribution >= 4 is 29.1 Å². The number of anilines is 1. The lowest BCUT2D eigenvalue weighted by Crippen LogP contribution is -2.29. The number of aliphatic hydroxyl groups is 1. The van der Waals surface area contributed by atoms with Crippen LogP contribution in [-0.4, -0.2) is 43.6 Å². The van der Waals surface area contributed by atoms with Crippen LogP contribution in [0.2, 0.25) is 0 Å². The van der Waals surface area contributed by atoms with Gasteiger partial charge < -0.3 is 19.3 Å². The lowest BCUT2D eigenvalue weighted by molar-refractivity contribution is -0.132. The molecule has 0 aliphatic carbocycles. The molecule has 1 heterocycles. The second-order valence-electron chi connectivity index (χ2n) is 8.88. The first kappa shape index (κ1) is 26.5. The van der Waals surface area contributed by atoms with E-state index in [1.807, 2.05) is 19.9 Å². The monoisotopic (exact) mass is 515 g/mol. The van der Waals surface area contributed by atoms with Gasteiger partial charge in [0.15, 0.2) is 0 Å². The number of aliphatic hydroxyl groups excluding tert-OH is 1. The van der Waals surface area contributed by atoms with Crippen LogP contribution in [0.25, 0.3) is 5.76 Å². The molecule has 1 unspecified atom stereocenters. The van der Waals surface area contributed by atoms with E-state index in [0.29, 0.717) is 28.3 Å². The van der Waals surface area contributed by atoms with Gasteiger partial charge in [-0.2, -0.15) is 0 Å². The molecule has 4 rings (SSSR count). The van der Waals surface area contributed by atoms with E-state index in [-0.39, 0.29) is 23.5 Å². The zero-order chi connectivity index (χ0) is 27.6. The highest BCUT2D eigenvalue weighted by Crippen LogP contribution is 2.44. The predicted octanol–water partition coefficient (Wildman–Crippen LogP) is 5.12. The molecule has 3 aromatic carbocycles. The summed E-state index contributed by atoms with van der Waals surface area (Å²) in [7, 11) is 3.02. The second-order valence-corrected chi connectivity index (χ2v) is 8.88. The molecule has 8 nitrogen and oxygen atoms in total. The number of ketones is 1. The minimum Gasteiger partial charge on any atom is -0.507 e. The Hall–Kier alpha value is -4.59. The van der Waals surface area contributed by atoms with E-state index >= 15 is 0 Å². The first-order chi connectivity index (χ1) is 18.2. The lowest BCUT2D eigenvalue weighted by atomic mass is 9.93. The quantitative estimate of drug-likeness (QED) is 0.202. The Morgan fingerprint density at radius 3 is 2.32 bits per heavy atom. The first-order valence-electron chi connectivity index (χ1n) is 12.1. The molecule has 0 radical (unpaired) electrons. The van der Waals surface area contributed by atoms with Crippen LogP contribution in [0.5, 0.6) is 11.5 Å². The topological polar surface area (TPSA) is 102 Å². The molecule has 0 aromatic heterocycles. The molecule has 1 atom stereocenters. The molecule has 0 saturated carbocycles. The molecule has 0 spiro atoms. The number of carbonyl (C=O) groups excluding carboxylic acids is 3. The number of carbonyl (C=O) groups is 3. The van der Waals surface area contributed by atoms with Crippen LogP contribution in [0, 0.1) is 13.8 Å². The third-order valence-electron chi connectivity index (χ3n) is 6.39. The van der Waals surface area contributed by atoms with Crippen molar-refractivity contribution in [2.45, 2.75) is 26.8 Å². The SMILES string of the molecule is CCOC(=O)c1cccc(N2C(=O)C(=O)/C(=C(/O)c3cc(C)cc(C)c3OC)C2c2ccc(OC)cc2)c1. The van der Waals surface area contributed by atoms with Crippen molar-refractivity contribution in [3.8, 4) is 11.5 Å². The third-order valence-corrected chi connectivity index (χ3v) is 6.39. The molecule has 1 saturated heterocycles. The Bertz CT molecular complexity index is 1440. The average molecular weight is 516 g/mol. The highest BCUT2D eigenvalue weighted by molar-refractivity contribution is 6.51. The zero-order valence-electron chi connectivity index (χ0n) is 21.9. The van der Waals surface area contributed by atoms with Gasteiger partial charge in [-0.15, -0.1) is 0 Å². The summed E-state index contributed by atoms with van der Waals surface area (Å²) in [5, 5.41) is 11.6. The number of nitrogens with zero attached hydrogens (tertiary/aromatic N) is 1. The van der Waals surface area contributed by atoms with E-state index < -0.39 is 23.7 Å². The third kappa shape index (κ3) is 4.72. The summed E-state index contributed by atoms with van der Waals surface area (Å²) >= 11 is 0. The number of hydrogen-bond acceptors (Lipinski definition) is 7. The molecule has 1 aliphatic rings. The van der Waals surface area contributed by atoms with Gasteiger partial charge in [-0.1, -0.05) is 24.3 Å². The number of amides is 1. The minimum absolute atomic E-state index is 0.0926. The number of aryl methyl sites for hydroxylation is 2. The van der Waals surface area contributed by atoms with Gasteiger partial charge in [-0.3, -0.25) is 14.5 Å². The highest BCUT2D eigenvalue weighted by Gasteiger charge is 2.47. The summed E-state index contributed by atoms with van der Waals surface area (Å²) in [6.07, 6.45) is 0. The standard InChI is InChI=1S/C30H29NO7/c1-6-38-30(35)20-8-7-9-21(16-20)31-25(19-10-12-22(36-4)13-11-19)24(27(33)29(31)34)26(32)23-15-17(2)14-18(3)28(23)37-5/h7-16,25,32H,6H2,1-5H3/b26-24+. The normalized spacial score (nSPS) is 16.4.